The SMILES string of the molecule is COc1ccc(C(=O)NCCCC(=O)N2CCc3cc(S(=O)(=O)N4CCCCC4)ccc32)cc1. The van der Waals surface area contributed by atoms with E-state index in [0.717, 1.165) is 30.5 Å². The van der Waals surface area contributed by atoms with Gasteiger partial charge in [0.2, 0.25) is 15.9 Å². The minimum atomic E-state index is -3.49. The van der Waals surface area contributed by atoms with Gasteiger partial charge in [-0.1, -0.05) is 6.42 Å². The summed E-state index contributed by atoms with van der Waals surface area (Å²) in [7, 11) is -1.92. The number of hydrogen-bond donors (Lipinski definition) is 1. The molecule has 0 atom stereocenters. The molecule has 34 heavy (non-hydrogen) atoms. The van der Waals surface area contributed by atoms with Gasteiger partial charge in [0.15, 0.2) is 0 Å². The first kappa shape index (κ1) is 24.2. The number of benzene rings is 2. The van der Waals surface area contributed by atoms with Crippen LogP contribution in [0.1, 0.15) is 48.0 Å². The number of sulfonamides is 1. The van der Waals surface area contributed by atoms with Crippen molar-refractivity contribution in [3.05, 3.63) is 53.6 Å². The van der Waals surface area contributed by atoms with Crippen molar-refractivity contribution in [3.63, 3.8) is 0 Å². The number of methoxy groups -OCH3 is 1. The third-order valence-corrected chi connectivity index (χ3v) is 8.30. The van der Waals surface area contributed by atoms with E-state index in [1.165, 1.54) is 0 Å². The molecule has 0 saturated carbocycles. The molecule has 0 aromatic heterocycles. The molecule has 1 saturated heterocycles. The first-order valence-corrected chi connectivity index (χ1v) is 13.2. The van der Waals surface area contributed by atoms with Crippen LogP contribution in [0.25, 0.3) is 0 Å². The Labute approximate surface area is 200 Å². The molecule has 2 aliphatic rings. The van der Waals surface area contributed by atoms with Crippen LogP contribution >= 0.6 is 0 Å². The van der Waals surface area contributed by atoms with E-state index in [0.29, 0.717) is 61.6 Å². The number of anilines is 1. The van der Waals surface area contributed by atoms with E-state index in [-0.39, 0.29) is 11.8 Å². The van der Waals surface area contributed by atoms with Crippen LogP contribution in [0.3, 0.4) is 0 Å². The van der Waals surface area contributed by atoms with Gasteiger partial charge in [0, 0.05) is 43.9 Å². The third kappa shape index (κ3) is 5.26. The highest BCUT2D eigenvalue weighted by Gasteiger charge is 2.29. The second-order valence-corrected chi connectivity index (χ2v) is 10.6. The van der Waals surface area contributed by atoms with E-state index in [9.17, 15) is 18.0 Å². The van der Waals surface area contributed by atoms with E-state index in [4.69, 9.17) is 4.74 Å². The van der Waals surface area contributed by atoms with Crippen molar-refractivity contribution in [1.82, 2.24) is 9.62 Å². The van der Waals surface area contributed by atoms with E-state index in [1.54, 1.807) is 58.8 Å². The zero-order valence-electron chi connectivity index (χ0n) is 19.5. The minimum Gasteiger partial charge on any atom is -0.497 e. The molecule has 2 aromatic rings. The van der Waals surface area contributed by atoms with Crippen LogP contribution in [0.2, 0.25) is 0 Å². The van der Waals surface area contributed by atoms with Crippen molar-refractivity contribution in [2.45, 2.75) is 43.4 Å². The molecule has 1 fully saturated rings. The number of fused-ring (bicyclic) bond motifs is 1. The predicted molar refractivity (Wildman–Crippen MR) is 130 cm³/mol. The number of carbonyl (C=O) groups excluding carboxylic acids is 2. The lowest BCUT2D eigenvalue weighted by Gasteiger charge is -2.26. The third-order valence-electron chi connectivity index (χ3n) is 6.41. The number of piperidine rings is 1. The second kappa shape index (κ2) is 10.6. The van der Waals surface area contributed by atoms with Gasteiger partial charge < -0.3 is 15.0 Å². The molecule has 0 aliphatic carbocycles. The maximum absolute atomic E-state index is 13.0. The maximum Gasteiger partial charge on any atom is 0.251 e. The summed E-state index contributed by atoms with van der Waals surface area (Å²) >= 11 is 0. The van der Waals surface area contributed by atoms with Crippen LogP contribution < -0.4 is 15.0 Å². The van der Waals surface area contributed by atoms with Crippen LogP contribution in [0.4, 0.5) is 5.69 Å². The van der Waals surface area contributed by atoms with E-state index in [1.807, 2.05) is 0 Å². The molecule has 1 N–H and O–H groups in total. The first-order valence-electron chi connectivity index (χ1n) is 11.8. The summed E-state index contributed by atoms with van der Waals surface area (Å²) in [6.45, 7) is 2.07. The summed E-state index contributed by atoms with van der Waals surface area (Å²) in [6.07, 6.45) is 4.32. The number of rotatable bonds is 8. The minimum absolute atomic E-state index is 0.0240. The lowest BCUT2D eigenvalue weighted by atomic mass is 10.2. The molecular formula is C25H31N3O5S. The highest BCUT2D eigenvalue weighted by molar-refractivity contribution is 7.89. The zero-order chi connectivity index (χ0) is 24.1. The maximum atomic E-state index is 13.0. The Kier molecular flexibility index (Phi) is 7.53. The summed E-state index contributed by atoms with van der Waals surface area (Å²) < 4.78 is 32.6. The van der Waals surface area contributed by atoms with Gasteiger partial charge in [-0.15, -0.1) is 0 Å². The van der Waals surface area contributed by atoms with Gasteiger partial charge in [-0.25, -0.2) is 8.42 Å². The second-order valence-electron chi connectivity index (χ2n) is 8.64. The molecule has 182 valence electrons. The molecule has 2 aliphatic heterocycles. The highest BCUT2D eigenvalue weighted by atomic mass is 32.2. The standard InChI is InChI=1S/C25H31N3O5S/c1-33-21-9-7-19(8-10-21)25(30)26-14-5-6-24(29)28-17-13-20-18-22(11-12-23(20)28)34(31,32)27-15-3-2-4-16-27/h7-12,18H,2-6,13-17H2,1H3,(H,26,30). The smallest absolute Gasteiger partial charge is 0.251 e. The van der Waals surface area contributed by atoms with Crippen molar-refractivity contribution in [2.75, 3.05) is 38.2 Å². The fourth-order valence-electron chi connectivity index (χ4n) is 4.47. The van der Waals surface area contributed by atoms with Crippen molar-refractivity contribution in [3.8, 4) is 5.75 Å². The molecule has 0 bridgehead atoms. The average molecular weight is 486 g/mol. The first-order chi connectivity index (χ1) is 16.4. The molecule has 4 rings (SSSR count). The molecule has 2 amide bonds. The Morgan fingerprint density at radius 1 is 1.00 bits per heavy atom. The van der Waals surface area contributed by atoms with Crippen LogP contribution in [0, 0.1) is 0 Å². The number of carbonyl (C=O) groups is 2. The number of nitrogens with one attached hydrogen (secondary N) is 1. The van der Waals surface area contributed by atoms with Gasteiger partial charge in [-0.3, -0.25) is 9.59 Å². The zero-order valence-corrected chi connectivity index (χ0v) is 20.3. The Morgan fingerprint density at radius 2 is 1.74 bits per heavy atom. The van der Waals surface area contributed by atoms with Gasteiger partial charge in [0.1, 0.15) is 5.75 Å². The summed E-state index contributed by atoms with van der Waals surface area (Å²) in [5.74, 6) is 0.470. The quantitative estimate of drug-likeness (QED) is 0.580. The predicted octanol–water partition coefficient (Wildman–Crippen LogP) is 2.97. The molecule has 0 spiro atoms. The molecule has 2 heterocycles. The average Bonchev–Trinajstić information content (AvgIpc) is 3.30. The normalized spacial score (nSPS) is 16.2. The molecule has 0 radical (unpaired) electrons. The van der Waals surface area contributed by atoms with Gasteiger partial charge in [-0.05, 0) is 73.7 Å². The number of amides is 2. The van der Waals surface area contributed by atoms with Crippen molar-refractivity contribution < 1.29 is 22.7 Å². The van der Waals surface area contributed by atoms with Gasteiger partial charge in [-0.2, -0.15) is 4.31 Å². The molecule has 8 nitrogen and oxygen atoms in total. The largest absolute Gasteiger partial charge is 0.497 e. The fraction of sp³-hybridized carbons (Fsp3) is 0.440. The van der Waals surface area contributed by atoms with Gasteiger partial charge in [0.25, 0.3) is 5.91 Å². The number of hydrogen-bond acceptors (Lipinski definition) is 5. The van der Waals surface area contributed by atoms with Crippen LogP contribution in [-0.4, -0.2) is 57.8 Å². The number of ether oxygens (including phenoxy) is 1. The fourth-order valence-corrected chi connectivity index (χ4v) is 6.04. The van der Waals surface area contributed by atoms with Crippen LogP contribution in [0.5, 0.6) is 5.75 Å². The van der Waals surface area contributed by atoms with Crippen LogP contribution in [-0.2, 0) is 21.2 Å². The summed E-state index contributed by atoms with van der Waals surface area (Å²) in [5.41, 5.74) is 2.21. The topological polar surface area (TPSA) is 96.0 Å². The van der Waals surface area contributed by atoms with Crippen molar-refractivity contribution >= 4 is 27.5 Å². The summed E-state index contributed by atoms with van der Waals surface area (Å²) in [6, 6.07) is 11.9. The molecule has 2 aromatic carbocycles. The van der Waals surface area contributed by atoms with Gasteiger partial charge in [0.05, 0.1) is 12.0 Å². The summed E-state index contributed by atoms with van der Waals surface area (Å²) in [5, 5.41) is 2.83. The Hall–Kier alpha value is -2.91. The van der Waals surface area contributed by atoms with E-state index >= 15 is 0 Å². The molecule has 9 heteroatoms. The highest BCUT2D eigenvalue weighted by Crippen LogP contribution is 2.32. The monoisotopic (exact) mass is 485 g/mol. The lowest BCUT2D eigenvalue weighted by molar-refractivity contribution is -0.118. The Balaban J connectivity index is 1.30. The number of nitrogens with zero attached hydrogens (tertiary/aromatic N) is 2. The van der Waals surface area contributed by atoms with E-state index < -0.39 is 10.0 Å². The Morgan fingerprint density at radius 3 is 2.44 bits per heavy atom. The van der Waals surface area contributed by atoms with Crippen molar-refractivity contribution in [1.29, 1.82) is 0 Å². The van der Waals surface area contributed by atoms with Crippen molar-refractivity contribution in [2.24, 2.45) is 0 Å². The molecular weight excluding hydrogens is 454 g/mol. The Bertz CT molecular complexity index is 1140. The van der Waals surface area contributed by atoms with Gasteiger partial charge >= 0.3 is 0 Å². The lowest BCUT2D eigenvalue weighted by Crippen LogP contribution is -2.35. The summed E-state index contributed by atoms with van der Waals surface area (Å²) in [4.78, 5) is 27.1. The molecule has 0 unspecified atom stereocenters. The van der Waals surface area contributed by atoms with E-state index in [2.05, 4.69) is 5.32 Å². The van der Waals surface area contributed by atoms with Crippen LogP contribution in [0.15, 0.2) is 47.4 Å².